The highest BCUT2D eigenvalue weighted by molar-refractivity contribution is 5.72. The lowest BCUT2D eigenvalue weighted by atomic mass is 10.0. The largest absolute Gasteiger partial charge is 0.444 e. The Morgan fingerprint density at radius 3 is 2.17 bits per heavy atom. The van der Waals surface area contributed by atoms with Crippen LogP contribution in [0.1, 0.15) is 33.6 Å². The molecule has 0 aromatic heterocycles. The quantitative estimate of drug-likeness (QED) is 0.771. The van der Waals surface area contributed by atoms with Crippen LogP contribution in [0.25, 0.3) is 0 Å². The van der Waals surface area contributed by atoms with Gasteiger partial charge in [0, 0.05) is 26.2 Å². The highest BCUT2D eigenvalue weighted by Gasteiger charge is 2.29. The van der Waals surface area contributed by atoms with Gasteiger partial charge in [0.1, 0.15) is 5.60 Å². The van der Waals surface area contributed by atoms with Gasteiger partial charge in [-0.15, -0.1) is 0 Å². The Bertz CT molecular complexity index is 317. The lowest BCUT2D eigenvalue weighted by molar-refractivity contribution is 0.0174. The fourth-order valence-electron chi connectivity index (χ4n) is 1.94. The summed E-state index contributed by atoms with van der Waals surface area (Å²) in [5, 5.41) is 0. The smallest absolute Gasteiger partial charge is 0.410 e. The minimum absolute atomic E-state index is 0.112. The summed E-state index contributed by atoms with van der Waals surface area (Å²) in [6.07, 6.45) is 1.18. The lowest BCUT2D eigenvalue weighted by Gasteiger charge is -2.36. The molecule has 18 heavy (non-hydrogen) atoms. The third kappa shape index (κ3) is 4.09. The minimum Gasteiger partial charge on any atom is -0.444 e. The van der Waals surface area contributed by atoms with E-state index in [9.17, 15) is 9.59 Å². The summed E-state index contributed by atoms with van der Waals surface area (Å²) in [7, 11) is 1.69. The molecule has 6 heteroatoms. The molecule has 0 atom stereocenters. The topological polar surface area (TPSA) is 75.9 Å². The van der Waals surface area contributed by atoms with Gasteiger partial charge in [-0.2, -0.15) is 0 Å². The Balaban J connectivity index is 2.44. The first kappa shape index (κ1) is 14.6. The van der Waals surface area contributed by atoms with Crippen LogP contribution in [-0.4, -0.2) is 53.7 Å². The van der Waals surface area contributed by atoms with E-state index in [1.807, 2.05) is 20.8 Å². The second-order valence-corrected chi connectivity index (χ2v) is 5.65. The zero-order valence-electron chi connectivity index (χ0n) is 11.6. The zero-order chi connectivity index (χ0) is 13.9. The van der Waals surface area contributed by atoms with Crippen LogP contribution in [-0.2, 0) is 4.74 Å². The first-order valence-electron chi connectivity index (χ1n) is 6.21. The third-order valence-corrected chi connectivity index (χ3v) is 3.01. The maximum absolute atomic E-state index is 11.8. The summed E-state index contributed by atoms with van der Waals surface area (Å²) in [4.78, 5) is 26.1. The number of primary amides is 1. The summed E-state index contributed by atoms with van der Waals surface area (Å²) in [5.41, 5.74) is 4.75. The van der Waals surface area contributed by atoms with Crippen LogP contribution in [0, 0.1) is 0 Å². The number of amides is 3. The van der Waals surface area contributed by atoms with Gasteiger partial charge in [-0.3, -0.25) is 0 Å². The SMILES string of the molecule is CN(C(N)=O)C1CCN(C(=O)OC(C)(C)C)CC1. The van der Waals surface area contributed by atoms with E-state index in [2.05, 4.69) is 0 Å². The van der Waals surface area contributed by atoms with Crippen molar-refractivity contribution in [2.24, 2.45) is 5.73 Å². The van der Waals surface area contributed by atoms with Gasteiger partial charge in [0.05, 0.1) is 0 Å². The maximum atomic E-state index is 11.8. The van der Waals surface area contributed by atoms with E-state index >= 15 is 0 Å². The second-order valence-electron chi connectivity index (χ2n) is 5.65. The maximum Gasteiger partial charge on any atom is 0.410 e. The molecular formula is C12H23N3O3. The number of carbonyl (C=O) groups excluding carboxylic acids is 2. The monoisotopic (exact) mass is 257 g/mol. The lowest BCUT2D eigenvalue weighted by Crippen LogP contribution is -2.49. The van der Waals surface area contributed by atoms with E-state index in [1.54, 1.807) is 11.9 Å². The van der Waals surface area contributed by atoms with Gasteiger partial charge in [-0.1, -0.05) is 0 Å². The van der Waals surface area contributed by atoms with Gasteiger partial charge in [-0.05, 0) is 33.6 Å². The van der Waals surface area contributed by atoms with Gasteiger partial charge in [0.2, 0.25) is 0 Å². The molecule has 0 aromatic rings. The molecule has 0 saturated carbocycles. The number of nitrogens with two attached hydrogens (primary N) is 1. The normalized spacial score (nSPS) is 17.4. The van der Waals surface area contributed by atoms with Crippen molar-refractivity contribution in [1.82, 2.24) is 9.80 Å². The molecule has 6 nitrogen and oxygen atoms in total. The Kier molecular flexibility index (Phi) is 4.43. The minimum atomic E-state index is -0.474. The first-order valence-corrected chi connectivity index (χ1v) is 6.21. The van der Waals surface area contributed by atoms with E-state index in [0.717, 1.165) is 12.8 Å². The molecule has 1 rings (SSSR count). The van der Waals surface area contributed by atoms with E-state index in [-0.39, 0.29) is 12.1 Å². The standard InChI is InChI=1S/C12H23N3O3/c1-12(2,3)18-11(17)15-7-5-9(6-8-15)14(4)10(13)16/h9H,5-8H2,1-4H3,(H2,13,16). The van der Waals surface area contributed by atoms with Gasteiger partial charge in [0.15, 0.2) is 0 Å². The van der Waals surface area contributed by atoms with Gasteiger partial charge in [0.25, 0.3) is 0 Å². The van der Waals surface area contributed by atoms with Crippen molar-refractivity contribution in [3.63, 3.8) is 0 Å². The Hall–Kier alpha value is -1.46. The molecule has 0 spiro atoms. The summed E-state index contributed by atoms with van der Waals surface area (Å²) >= 11 is 0. The molecule has 2 N–H and O–H groups in total. The van der Waals surface area contributed by atoms with Gasteiger partial charge >= 0.3 is 12.1 Å². The predicted molar refractivity (Wildman–Crippen MR) is 68.2 cm³/mol. The van der Waals surface area contributed by atoms with Crippen molar-refractivity contribution in [2.45, 2.75) is 45.3 Å². The molecule has 0 aromatic carbocycles. The van der Waals surface area contributed by atoms with Crippen LogP contribution >= 0.6 is 0 Å². The van der Waals surface area contributed by atoms with Crippen LogP contribution < -0.4 is 5.73 Å². The highest BCUT2D eigenvalue weighted by atomic mass is 16.6. The fourth-order valence-corrected chi connectivity index (χ4v) is 1.94. The average molecular weight is 257 g/mol. The van der Waals surface area contributed by atoms with Crippen molar-refractivity contribution in [2.75, 3.05) is 20.1 Å². The summed E-state index contributed by atoms with van der Waals surface area (Å²) in [5.74, 6) is 0. The zero-order valence-corrected chi connectivity index (χ0v) is 11.6. The van der Waals surface area contributed by atoms with Crippen molar-refractivity contribution < 1.29 is 14.3 Å². The van der Waals surface area contributed by atoms with Crippen LogP contribution in [0.2, 0.25) is 0 Å². The van der Waals surface area contributed by atoms with Crippen LogP contribution in [0.5, 0.6) is 0 Å². The van der Waals surface area contributed by atoms with Gasteiger partial charge < -0.3 is 20.3 Å². The molecule has 1 aliphatic heterocycles. The van der Waals surface area contributed by atoms with E-state index in [4.69, 9.17) is 10.5 Å². The Morgan fingerprint density at radius 1 is 1.28 bits per heavy atom. The number of ether oxygens (including phenoxy) is 1. The summed E-state index contributed by atoms with van der Waals surface area (Å²) in [6, 6.07) is -0.313. The van der Waals surface area contributed by atoms with E-state index in [0.29, 0.717) is 13.1 Å². The van der Waals surface area contributed by atoms with Crippen molar-refractivity contribution in [3.05, 3.63) is 0 Å². The van der Waals surface area contributed by atoms with E-state index in [1.165, 1.54) is 4.90 Å². The fraction of sp³-hybridized carbons (Fsp3) is 0.833. The molecule has 1 saturated heterocycles. The average Bonchev–Trinajstić information content (AvgIpc) is 2.26. The molecule has 0 bridgehead atoms. The van der Waals surface area contributed by atoms with Crippen molar-refractivity contribution >= 4 is 12.1 Å². The van der Waals surface area contributed by atoms with Crippen LogP contribution in [0.15, 0.2) is 0 Å². The molecule has 3 amide bonds. The molecule has 0 aliphatic carbocycles. The molecule has 0 unspecified atom stereocenters. The molecule has 1 heterocycles. The summed E-state index contributed by atoms with van der Waals surface area (Å²) < 4.78 is 5.30. The Labute approximate surface area is 108 Å². The van der Waals surface area contributed by atoms with Gasteiger partial charge in [-0.25, -0.2) is 9.59 Å². The number of hydrogen-bond donors (Lipinski definition) is 1. The molecule has 1 fully saturated rings. The van der Waals surface area contributed by atoms with Crippen LogP contribution in [0.4, 0.5) is 9.59 Å². The number of carbonyl (C=O) groups is 2. The van der Waals surface area contributed by atoms with Crippen molar-refractivity contribution in [1.29, 1.82) is 0 Å². The second kappa shape index (κ2) is 5.46. The molecule has 0 radical (unpaired) electrons. The highest BCUT2D eigenvalue weighted by Crippen LogP contribution is 2.18. The molecular weight excluding hydrogens is 234 g/mol. The van der Waals surface area contributed by atoms with Crippen molar-refractivity contribution in [3.8, 4) is 0 Å². The number of urea groups is 1. The third-order valence-electron chi connectivity index (χ3n) is 3.01. The number of rotatable bonds is 1. The predicted octanol–water partition coefficient (Wildman–Crippen LogP) is 1.40. The summed E-state index contributed by atoms with van der Waals surface area (Å²) in [6.45, 7) is 6.73. The first-order chi connectivity index (χ1) is 8.20. The van der Waals surface area contributed by atoms with Crippen LogP contribution in [0.3, 0.4) is 0 Å². The number of piperidine rings is 1. The Morgan fingerprint density at radius 2 is 1.78 bits per heavy atom. The van der Waals surface area contributed by atoms with E-state index < -0.39 is 11.6 Å². The number of likely N-dealkylation sites (tertiary alicyclic amines) is 1. The molecule has 104 valence electrons. The molecule has 1 aliphatic rings. The number of hydrogen-bond acceptors (Lipinski definition) is 3. The number of nitrogens with zero attached hydrogens (tertiary/aromatic N) is 2.